The molecule has 0 aliphatic rings. The summed E-state index contributed by atoms with van der Waals surface area (Å²) in [5, 5.41) is 0.0777. The van der Waals surface area contributed by atoms with Crippen LogP contribution in [-0.2, 0) is 6.42 Å². The smallest absolute Gasteiger partial charge is 0.259 e. The van der Waals surface area contributed by atoms with Gasteiger partial charge in [0.1, 0.15) is 5.75 Å². The van der Waals surface area contributed by atoms with Crippen molar-refractivity contribution in [2.45, 2.75) is 26.2 Å². The minimum absolute atomic E-state index is 0. The highest BCUT2D eigenvalue weighted by Crippen LogP contribution is 2.19. The van der Waals surface area contributed by atoms with Gasteiger partial charge in [-0.05, 0) is 36.7 Å². The van der Waals surface area contributed by atoms with Gasteiger partial charge >= 0.3 is 0 Å². The molecule has 0 atom stereocenters. The molecular weight excluding hydrogens is 258 g/mol. The van der Waals surface area contributed by atoms with Gasteiger partial charge < -0.3 is 10.5 Å². The Balaban J connectivity index is 0. The summed E-state index contributed by atoms with van der Waals surface area (Å²) >= 11 is 4.71. The topological polar surface area (TPSA) is 35.2 Å². The van der Waals surface area contributed by atoms with E-state index < -0.39 is 0 Å². The van der Waals surface area contributed by atoms with Gasteiger partial charge in [0.15, 0.2) is 0 Å². The van der Waals surface area contributed by atoms with E-state index in [0.29, 0.717) is 0 Å². The number of thiocarbonyl (C=S) groups is 1. The summed E-state index contributed by atoms with van der Waals surface area (Å²) in [5.41, 5.74) is 6.50. The van der Waals surface area contributed by atoms with E-state index in [1.807, 2.05) is 24.3 Å². The fourth-order valence-corrected chi connectivity index (χ4v) is 1.38. The van der Waals surface area contributed by atoms with Gasteiger partial charge in [-0.15, -0.1) is 0 Å². The molecule has 16 heavy (non-hydrogen) atoms. The van der Waals surface area contributed by atoms with E-state index in [-0.39, 0.29) is 32.2 Å². The Labute approximate surface area is 116 Å². The average molecular weight is 277 g/mol. The van der Waals surface area contributed by atoms with E-state index in [0.717, 1.165) is 18.6 Å². The Morgan fingerprint density at radius 3 is 2.50 bits per heavy atom. The largest absolute Gasteiger partial charge is 0.432 e. The molecule has 0 unspecified atom stereocenters. The predicted molar refractivity (Wildman–Crippen MR) is 83.2 cm³/mol. The standard InChI is InChI=1S/C11H15NOS.2H2S/c1-2-3-6-9-7-4-5-8-10(9)13-11(12)14;;/h4-5,7-8H,2-3,6H2,1H3,(H2,12,14);2*1H2. The Morgan fingerprint density at radius 1 is 1.31 bits per heavy atom. The molecule has 0 radical (unpaired) electrons. The summed E-state index contributed by atoms with van der Waals surface area (Å²) in [4.78, 5) is 0. The summed E-state index contributed by atoms with van der Waals surface area (Å²) < 4.78 is 5.25. The van der Waals surface area contributed by atoms with Crippen LogP contribution in [0.2, 0.25) is 0 Å². The van der Waals surface area contributed by atoms with Crippen LogP contribution in [-0.4, -0.2) is 5.17 Å². The third-order valence-corrected chi connectivity index (χ3v) is 2.07. The highest BCUT2D eigenvalue weighted by molar-refractivity contribution is 7.80. The second kappa shape index (κ2) is 9.81. The molecule has 2 nitrogen and oxygen atoms in total. The third kappa shape index (κ3) is 6.25. The summed E-state index contributed by atoms with van der Waals surface area (Å²) in [6, 6.07) is 7.86. The van der Waals surface area contributed by atoms with Gasteiger partial charge in [0.2, 0.25) is 0 Å². The van der Waals surface area contributed by atoms with Crippen molar-refractivity contribution < 1.29 is 4.74 Å². The van der Waals surface area contributed by atoms with E-state index in [1.54, 1.807) is 0 Å². The summed E-state index contributed by atoms with van der Waals surface area (Å²) in [6.45, 7) is 2.16. The molecule has 1 rings (SSSR count). The first-order valence-corrected chi connectivity index (χ1v) is 5.20. The zero-order valence-corrected chi connectivity index (χ0v) is 12.1. The molecule has 0 amide bonds. The molecule has 0 spiro atoms. The molecule has 0 bridgehead atoms. The first-order valence-electron chi connectivity index (χ1n) is 4.79. The lowest BCUT2D eigenvalue weighted by Gasteiger charge is -2.08. The van der Waals surface area contributed by atoms with E-state index in [1.165, 1.54) is 12.0 Å². The van der Waals surface area contributed by atoms with Gasteiger partial charge in [0.25, 0.3) is 5.17 Å². The minimum Gasteiger partial charge on any atom is -0.432 e. The molecule has 0 saturated carbocycles. The number of hydrogen-bond acceptors (Lipinski definition) is 2. The summed E-state index contributed by atoms with van der Waals surface area (Å²) in [5.74, 6) is 0.786. The van der Waals surface area contributed by atoms with E-state index in [2.05, 4.69) is 6.92 Å². The maximum atomic E-state index is 5.33. The average Bonchev–Trinajstić information content (AvgIpc) is 2.16. The van der Waals surface area contributed by atoms with Gasteiger partial charge in [-0.25, -0.2) is 0 Å². The number of unbranched alkanes of at least 4 members (excludes halogenated alkanes) is 1. The lowest BCUT2D eigenvalue weighted by molar-refractivity contribution is 0.546. The monoisotopic (exact) mass is 277 g/mol. The van der Waals surface area contributed by atoms with Crippen molar-refractivity contribution in [2.24, 2.45) is 5.73 Å². The van der Waals surface area contributed by atoms with Crippen molar-refractivity contribution in [3.8, 4) is 5.75 Å². The molecule has 0 heterocycles. The van der Waals surface area contributed by atoms with Crippen LogP contribution in [0.5, 0.6) is 5.75 Å². The van der Waals surface area contributed by atoms with Crippen molar-refractivity contribution in [3.05, 3.63) is 29.8 Å². The molecule has 0 fully saturated rings. The van der Waals surface area contributed by atoms with Crippen LogP contribution in [0.1, 0.15) is 25.3 Å². The van der Waals surface area contributed by atoms with E-state index in [4.69, 9.17) is 22.7 Å². The number of rotatable bonds is 4. The predicted octanol–water partition coefficient (Wildman–Crippen LogP) is 2.88. The minimum atomic E-state index is 0. The SMILES string of the molecule is CCCCc1ccccc1OC(N)=S.S.S. The molecule has 1 aromatic carbocycles. The summed E-state index contributed by atoms with van der Waals surface area (Å²) in [7, 11) is 0. The van der Waals surface area contributed by atoms with Crippen molar-refractivity contribution in [2.75, 3.05) is 0 Å². The molecule has 2 N–H and O–H groups in total. The normalized spacial score (nSPS) is 8.56. The quantitative estimate of drug-likeness (QED) is 0.860. The molecule has 1 aromatic rings. The highest BCUT2D eigenvalue weighted by Gasteiger charge is 2.02. The lowest BCUT2D eigenvalue weighted by atomic mass is 10.1. The molecule has 92 valence electrons. The number of hydrogen-bond donors (Lipinski definition) is 1. The Kier molecular flexibility index (Phi) is 11.0. The second-order valence-corrected chi connectivity index (χ2v) is 3.53. The van der Waals surface area contributed by atoms with Crippen LogP contribution < -0.4 is 10.5 Å². The van der Waals surface area contributed by atoms with Gasteiger partial charge in [0, 0.05) is 0 Å². The maximum Gasteiger partial charge on any atom is 0.259 e. The van der Waals surface area contributed by atoms with Gasteiger partial charge in [0.05, 0.1) is 0 Å². The van der Waals surface area contributed by atoms with Crippen LogP contribution in [0.15, 0.2) is 24.3 Å². The van der Waals surface area contributed by atoms with Crippen molar-refractivity contribution in [1.82, 2.24) is 0 Å². The van der Waals surface area contributed by atoms with E-state index in [9.17, 15) is 0 Å². The van der Waals surface area contributed by atoms with Crippen LogP contribution in [0.4, 0.5) is 0 Å². The van der Waals surface area contributed by atoms with Gasteiger partial charge in [-0.1, -0.05) is 31.5 Å². The van der Waals surface area contributed by atoms with Gasteiger partial charge in [-0.3, -0.25) is 0 Å². The first kappa shape index (κ1) is 18.0. The van der Waals surface area contributed by atoms with Crippen molar-refractivity contribution in [3.63, 3.8) is 0 Å². The van der Waals surface area contributed by atoms with Gasteiger partial charge in [-0.2, -0.15) is 27.0 Å². The Morgan fingerprint density at radius 2 is 1.94 bits per heavy atom. The Bertz CT molecular complexity index is 318. The molecule has 5 heteroatoms. The number of aryl methyl sites for hydroxylation is 1. The van der Waals surface area contributed by atoms with Crippen LogP contribution in [0.25, 0.3) is 0 Å². The van der Waals surface area contributed by atoms with Crippen LogP contribution in [0, 0.1) is 0 Å². The molecule has 0 aliphatic carbocycles. The lowest BCUT2D eigenvalue weighted by Crippen LogP contribution is -2.16. The Hall–Kier alpha value is -0.390. The zero-order valence-electron chi connectivity index (χ0n) is 9.32. The number of para-hydroxylation sites is 1. The molecule has 0 saturated heterocycles. The second-order valence-electron chi connectivity index (χ2n) is 3.13. The number of nitrogens with two attached hydrogens (primary N) is 1. The molecule has 0 aromatic heterocycles. The van der Waals surface area contributed by atoms with E-state index >= 15 is 0 Å². The van der Waals surface area contributed by atoms with Crippen LogP contribution >= 0.6 is 39.2 Å². The van der Waals surface area contributed by atoms with Crippen molar-refractivity contribution in [1.29, 1.82) is 0 Å². The van der Waals surface area contributed by atoms with Crippen molar-refractivity contribution >= 4 is 44.4 Å². The number of benzene rings is 1. The van der Waals surface area contributed by atoms with Crippen LogP contribution in [0.3, 0.4) is 0 Å². The molecule has 0 aliphatic heterocycles. The fraction of sp³-hybridized carbons (Fsp3) is 0.364. The zero-order chi connectivity index (χ0) is 10.4. The first-order chi connectivity index (χ1) is 6.74. The number of ether oxygens (including phenoxy) is 1. The highest BCUT2D eigenvalue weighted by atomic mass is 32.1. The third-order valence-electron chi connectivity index (χ3n) is 1.98. The summed E-state index contributed by atoms with van der Waals surface area (Å²) in [6.07, 6.45) is 3.33. The molecular formula is C11H19NOS3. The fourth-order valence-electron chi connectivity index (χ4n) is 1.29. The maximum absolute atomic E-state index is 5.33.